The van der Waals surface area contributed by atoms with Gasteiger partial charge in [0.25, 0.3) is 0 Å². The minimum atomic E-state index is 0.800. The highest BCUT2D eigenvalue weighted by Crippen LogP contribution is 2.08. The molecule has 4 nitrogen and oxygen atoms in total. The van der Waals surface area contributed by atoms with Gasteiger partial charge in [-0.2, -0.15) is 5.10 Å². The number of aromatic nitrogens is 3. The molecule has 3 aromatic rings. The van der Waals surface area contributed by atoms with Gasteiger partial charge in [-0.1, -0.05) is 18.2 Å². The van der Waals surface area contributed by atoms with Crippen LogP contribution in [0.1, 0.15) is 16.7 Å². The third-order valence-corrected chi connectivity index (χ3v) is 3.44. The van der Waals surface area contributed by atoms with Crippen LogP contribution in [0.5, 0.6) is 0 Å². The van der Waals surface area contributed by atoms with E-state index in [9.17, 15) is 0 Å². The molecule has 2 heterocycles. The van der Waals surface area contributed by atoms with Crippen LogP contribution in [0.2, 0.25) is 0 Å². The molecule has 0 bridgehead atoms. The summed E-state index contributed by atoms with van der Waals surface area (Å²) in [6.07, 6.45) is 7.68. The lowest BCUT2D eigenvalue weighted by molar-refractivity contribution is 0.689. The Hall–Kier alpha value is -2.46. The topological polar surface area (TPSA) is 42.7 Å². The molecule has 0 saturated heterocycles. The molecule has 0 aliphatic heterocycles. The fourth-order valence-electron chi connectivity index (χ4n) is 2.22. The summed E-state index contributed by atoms with van der Waals surface area (Å²) in [5.74, 6) is 0. The van der Waals surface area contributed by atoms with Crippen molar-refractivity contribution in [1.29, 1.82) is 0 Å². The molecule has 0 aliphatic rings. The molecule has 2 aromatic heterocycles. The first-order valence-electron chi connectivity index (χ1n) is 7.02. The number of benzene rings is 1. The first-order valence-corrected chi connectivity index (χ1v) is 7.02. The van der Waals surface area contributed by atoms with Crippen LogP contribution in [0.3, 0.4) is 0 Å². The highest BCUT2D eigenvalue weighted by atomic mass is 15.3. The standard InChI is InChI=1S/C17H18N4/c1-14-9-18-8-7-16(14)12-19-10-15-11-20-21(13-15)17-5-3-2-4-6-17/h2-9,11,13,19H,10,12H2,1H3. The predicted octanol–water partition coefficient (Wildman–Crippen LogP) is 2.87. The number of para-hydroxylation sites is 1. The summed E-state index contributed by atoms with van der Waals surface area (Å²) >= 11 is 0. The molecule has 0 fully saturated rings. The van der Waals surface area contributed by atoms with Crippen LogP contribution in [0.4, 0.5) is 0 Å². The predicted molar refractivity (Wildman–Crippen MR) is 83.1 cm³/mol. The summed E-state index contributed by atoms with van der Waals surface area (Å²) in [6, 6.07) is 12.2. The summed E-state index contributed by atoms with van der Waals surface area (Å²) in [7, 11) is 0. The molecule has 0 unspecified atom stereocenters. The van der Waals surface area contributed by atoms with E-state index in [4.69, 9.17) is 0 Å². The Morgan fingerprint density at radius 3 is 2.71 bits per heavy atom. The van der Waals surface area contributed by atoms with Crippen LogP contribution in [0.15, 0.2) is 61.2 Å². The molecule has 1 N–H and O–H groups in total. The van der Waals surface area contributed by atoms with Crippen molar-refractivity contribution in [3.05, 3.63) is 77.9 Å². The number of pyridine rings is 1. The number of rotatable bonds is 5. The summed E-state index contributed by atoms with van der Waals surface area (Å²) in [5, 5.41) is 7.84. The minimum Gasteiger partial charge on any atom is -0.308 e. The Bertz CT molecular complexity index is 704. The summed E-state index contributed by atoms with van der Waals surface area (Å²) < 4.78 is 1.90. The molecule has 0 amide bonds. The summed E-state index contributed by atoms with van der Waals surface area (Å²) in [5.41, 5.74) is 4.74. The van der Waals surface area contributed by atoms with Gasteiger partial charge in [-0.25, -0.2) is 4.68 Å². The van der Waals surface area contributed by atoms with E-state index in [-0.39, 0.29) is 0 Å². The molecule has 106 valence electrons. The van der Waals surface area contributed by atoms with Crippen molar-refractivity contribution < 1.29 is 0 Å². The van der Waals surface area contributed by atoms with Crippen molar-refractivity contribution in [2.75, 3.05) is 0 Å². The monoisotopic (exact) mass is 278 g/mol. The Kier molecular flexibility index (Phi) is 4.07. The fourth-order valence-corrected chi connectivity index (χ4v) is 2.22. The smallest absolute Gasteiger partial charge is 0.0645 e. The van der Waals surface area contributed by atoms with Gasteiger partial charge in [0.15, 0.2) is 0 Å². The van der Waals surface area contributed by atoms with Gasteiger partial charge in [0.05, 0.1) is 11.9 Å². The average Bonchev–Trinajstić information content (AvgIpc) is 2.99. The van der Waals surface area contributed by atoms with E-state index in [2.05, 4.69) is 34.6 Å². The minimum absolute atomic E-state index is 0.800. The van der Waals surface area contributed by atoms with E-state index in [0.29, 0.717) is 0 Å². The van der Waals surface area contributed by atoms with E-state index >= 15 is 0 Å². The van der Waals surface area contributed by atoms with Crippen LogP contribution in [-0.2, 0) is 13.1 Å². The van der Waals surface area contributed by atoms with Gasteiger partial charge in [-0.3, -0.25) is 4.98 Å². The van der Waals surface area contributed by atoms with E-state index in [1.807, 2.05) is 53.6 Å². The van der Waals surface area contributed by atoms with Crippen LogP contribution in [0.25, 0.3) is 5.69 Å². The molecule has 0 radical (unpaired) electrons. The third kappa shape index (κ3) is 3.35. The highest BCUT2D eigenvalue weighted by Gasteiger charge is 2.01. The molecule has 4 heteroatoms. The zero-order valence-electron chi connectivity index (χ0n) is 12.0. The van der Waals surface area contributed by atoms with Crippen LogP contribution in [0, 0.1) is 6.92 Å². The van der Waals surface area contributed by atoms with E-state index in [1.165, 1.54) is 16.7 Å². The molecule has 3 rings (SSSR count). The molecule has 0 atom stereocenters. The van der Waals surface area contributed by atoms with Gasteiger partial charge in [-0.05, 0) is 36.2 Å². The average molecular weight is 278 g/mol. The number of aryl methyl sites for hydroxylation is 1. The lowest BCUT2D eigenvalue weighted by atomic mass is 10.1. The molecule has 0 spiro atoms. The maximum Gasteiger partial charge on any atom is 0.0645 e. The zero-order chi connectivity index (χ0) is 14.5. The van der Waals surface area contributed by atoms with Crippen LogP contribution in [-0.4, -0.2) is 14.8 Å². The SMILES string of the molecule is Cc1cnccc1CNCc1cnn(-c2ccccc2)c1. The van der Waals surface area contributed by atoms with E-state index < -0.39 is 0 Å². The molecule has 0 saturated carbocycles. The normalized spacial score (nSPS) is 10.7. The molecule has 0 aliphatic carbocycles. The lowest BCUT2D eigenvalue weighted by Gasteiger charge is -2.06. The van der Waals surface area contributed by atoms with Crippen molar-refractivity contribution in [3.8, 4) is 5.69 Å². The summed E-state index contributed by atoms with van der Waals surface area (Å²) in [4.78, 5) is 4.11. The van der Waals surface area contributed by atoms with Gasteiger partial charge in [0.2, 0.25) is 0 Å². The van der Waals surface area contributed by atoms with Gasteiger partial charge in [0.1, 0.15) is 0 Å². The van der Waals surface area contributed by atoms with Crippen LogP contribution < -0.4 is 5.32 Å². The number of nitrogens with one attached hydrogen (secondary N) is 1. The Morgan fingerprint density at radius 1 is 1.05 bits per heavy atom. The van der Waals surface area contributed by atoms with Crippen molar-refractivity contribution in [2.45, 2.75) is 20.0 Å². The van der Waals surface area contributed by atoms with Gasteiger partial charge >= 0.3 is 0 Å². The Morgan fingerprint density at radius 2 is 1.90 bits per heavy atom. The zero-order valence-corrected chi connectivity index (χ0v) is 12.0. The number of hydrogen-bond acceptors (Lipinski definition) is 3. The molecular formula is C17H18N4. The number of hydrogen-bond donors (Lipinski definition) is 1. The molecule has 1 aromatic carbocycles. The van der Waals surface area contributed by atoms with Crippen LogP contribution >= 0.6 is 0 Å². The van der Waals surface area contributed by atoms with E-state index in [0.717, 1.165) is 18.8 Å². The summed E-state index contributed by atoms with van der Waals surface area (Å²) in [6.45, 7) is 3.72. The van der Waals surface area contributed by atoms with Gasteiger partial charge in [-0.15, -0.1) is 0 Å². The second kappa shape index (κ2) is 6.33. The second-order valence-electron chi connectivity index (χ2n) is 5.03. The van der Waals surface area contributed by atoms with Gasteiger partial charge in [0, 0.05) is 37.2 Å². The first-order chi connectivity index (χ1) is 10.3. The lowest BCUT2D eigenvalue weighted by Crippen LogP contribution is -2.13. The van der Waals surface area contributed by atoms with Crippen molar-refractivity contribution in [1.82, 2.24) is 20.1 Å². The highest BCUT2D eigenvalue weighted by molar-refractivity contribution is 5.31. The quantitative estimate of drug-likeness (QED) is 0.780. The maximum absolute atomic E-state index is 4.40. The molecular weight excluding hydrogens is 260 g/mol. The largest absolute Gasteiger partial charge is 0.308 e. The second-order valence-corrected chi connectivity index (χ2v) is 5.03. The van der Waals surface area contributed by atoms with Gasteiger partial charge < -0.3 is 5.32 Å². The van der Waals surface area contributed by atoms with Crippen molar-refractivity contribution in [2.24, 2.45) is 0 Å². The third-order valence-electron chi connectivity index (χ3n) is 3.44. The fraction of sp³-hybridized carbons (Fsp3) is 0.176. The maximum atomic E-state index is 4.40. The van der Waals surface area contributed by atoms with Crippen molar-refractivity contribution in [3.63, 3.8) is 0 Å². The molecule has 21 heavy (non-hydrogen) atoms. The Balaban J connectivity index is 1.60. The number of nitrogens with zero attached hydrogens (tertiary/aromatic N) is 3. The first kappa shape index (κ1) is 13.5. The Labute approximate surface area is 124 Å². The van der Waals surface area contributed by atoms with E-state index in [1.54, 1.807) is 0 Å². The van der Waals surface area contributed by atoms with Crippen molar-refractivity contribution >= 4 is 0 Å².